The van der Waals surface area contributed by atoms with Crippen LogP contribution in [0.5, 0.6) is 11.5 Å². The highest BCUT2D eigenvalue weighted by molar-refractivity contribution is 5.90. The van der Waals surface area contributed by atoms with Gasteiger partial charge in [-0.1, -0.05) is 0 Å². The van der Waals surface area contributed by atoms with E-state index in [1.54, 1.807) is 12.1 Å². The van der Waals surface area contributed by atoms with Gasteiger partial charge >= 0.3 is 12.2 Å². The van der Waals surface area contributed by atoms with E-state index < -0.39 is 17.7 Å². The molecule has 2 amide bonds. The molecule has 1 aromatic carbocycles. The lowest BCUT2D eigenvalue weighted by molar-refractivity contribution is -0.162. The topological polar surface area (TPSA) is 59.6 Å². The van der Waals surface area contributed by atoms with E-state index in [0.717, 1.165) is 0 Å². The minimum Gasteiger partial charge on any atom is -0.486 e. The van der Waals surface area contributed by atoms with Gasteiger partial charge in [0, 0.05) is 11.8 Å². The lowest BCUT2D eigenvalue weighted by Crippen LogP contribution is -2.49. The zero-order chi connectivity index (χ0) is 15.1. The Morgan fingerprint density at radius 1 is 1.14 bits per heavy atom. The standard InChI is InChI=1S/C13H13F3N2O3/c14-13(15,16)12(3-4-12)18-11(19)17-8-1-2-9-10(7-8)21-6-5-20-9/h1-2,7H,3-6H2,(H2,17,18,19). The molecule has 1 saturated carbocycles. The highest BCUT2D eigenvalue weighted by atomic mass is 19.4. The van der Waals surface area contributed by atoms with Gasteiger partial charge < -0.3 is 20.1 Å². The van der Waals surface area contributed by atoms with Crippen LogP contribution in [0.3, 0.4) is 0 Å². The first kappa shape index (κ1) is 13.8. The normalized spacial score (nSPS) is 18.8. The quantitative estimate of drug-likeness (QED) is 0.883. The van der Waals surface area contributed by atoms with E-state index in [2.05, 4.69) is 5.32 Å². The molecule has 114 valence electrons. The van der Waals surface area contributed by atoms with Gasteiger partial charge in [-0.2, -0.15) is 13.2 Å². The second-order valence-electron chi connectivity index (χ2n) is 5.02. The van der Waals surface area contributed by atoms with Crippen molar-refractivity contribution < 1.29 is 27.4 Å². The zero-order valence-corrected chi connectivity index (χ0v) is 10.9. The summed E-state index contributed by atoms with van der Waals surface area (Å²) in [6, 6.07) is 3.77. The van der Waals surface area contributed by atoms with E-state index in [-0.39, 0.29) is 12.8 Å². The molecule has 2 N–H and O–H groups in total. The minimum absolute atomic E-state index is 0.0922. The molecule has 8 heteroatoms. The van der Waals surface area contributed by atoms with Crippen molar-refractivity contribution in [2.75, 3.05) is 18.5 Å². The molecule has 5 nitrogen and oxygen atoms in total. The fraction of sp³-hybridized carbons (Fsp3) is 0.462. The Bertz CT molecular complexity index is 570. The van der Waals surface area contributed by atoms with Gasteiger partial charge in [-0.05, 0) is 25.0 Å². The third-order valence-electron chi connectivity index (χ3n) is 3.45. The van der Waals surface area contributed by atoms with Gasteiger partial charge in [0.2, 0.25) is 0 Å². The van der Waals surface area contributed by atoms with Crippen LogP contribution >= 0.6 is 0 Å². The van der Waals surface area contributed by atoms with Crippen molar-refractivity contribution in [3.8, 4) is 11.5 Å². The first-order chi connectivity index (χ1) is 9.90. The van der Waals surface area contributed by atoms with Crippen molar-refractivity contribution in [2.24, 2.45) is 0 Å². The fourth-order valence-electron chi connectivity index (χ4n) is 2.11. The summed E-state index contributed by atoms with van der Waals surface area (Å²) in [6.45, 7) is 0.828. The number of ether oxygens (including phenoxy) is 2. The van der Waals surface area contributed by atoms with Gasteiger partial charge in [-0.25, -0.2) is 4.79 Å². The molecule has 1 aliphatic heterocycles. The summed E-state index contributed by atoms with van der Waals surface area (Å²) in [6.07, 6.45) is -4.62. The lowest BCUT2D eigenvalue weighted by Gasteiger charge is -2.22. The highest BCUT2D eigenvalue weighted by Gasteiger charge is 2.64. The van der Waals surface area contributed by atoms with Crippen LogP contribution in [0.4, 0.5) is 23.7 Å². The van der Waals surface area contributed by atoms with Crippen molar-refractivity contribution >= 4 is 11.7 Å². The number of anilines is 1. The number of carbonyl (C=O) groups excluding carboxylic acids is 1. The molecule has 1 heterocycles. The smallest absolute Gasteiger partial charge is 0.411 e. The maximum absolute atomic E-state index is 12.7. The number of halogens is 3. The van der Waals surface area contributed by atoms with Crippen LogP contribution in [-0.4, -0.2) is 31.0 Å². The summed E-state index contributed by atoms with van der Waals surface area (Å²) >= 11 is 0. The van der Waals surface area contributed by atoms with Crippen molar-refractivity contribution in [1.29, 1.82) is 0 Å². The average molecular weight is 302 g/mol. The van der Waals surface area contributed by atoms with Crippen molar-refractivity contribution in [1.82, 2.24) is 5.32 Å². The summed E-state index contributed by atoms with van der Waals surface area (Å²) < 4.78 is 48.9. The van der Waals surface area contributed by atoms with Crippen molar-refractivity contribution in [3.63, 3.8) is 0 Å². The van der Waals surface area contributed by atoms with E-state index in [0.29, 0.717) is 30.4 Å². The number of nitrogens with one attached hydrogen (secondary N) is 2. The van der Waals surface area contributed by atoms with Crippen molar-refractivity contribution in [3.05, 3.63) is 18.2 Å². The van der Waals surface area contributed by atoms with Crippen LogP contribution in [0, 0.1) is 0 Å². The van der Waals surface area contributed by atoms with E-state index in [1.807, 2.05) is 5.32 Å². The number of amides is 2. The zero-order valence-electron chi connectivity index (χ0n) is 10.9. The van der Waals surface area contributed by atoms with E-state index >= 15 is 0 Å². The third-order valence-corrected chi connectivity index (χ3v) is 3.45. The van der Waals surface area contributed by atoms with Crippen LogP contribution in [0.1, 0.15) is 12.8 Å². The number of hydrogen-bond acceptors (Lipinski definition) is 3. The van der Waals surface area contributed by atoms with Gasteiger partial charge in [-0.15, -0.1) is 0 Å². The third kappa shape index (κ3) is 2.70. The van der Waals surface area contributed by atoms with Gasteiger partial charge in [0.15, 0.2) is 11.5 Å². The molecule has 0 atom stereocenters. The monoisotopic (exact) mass is 302 g/mol. The summed E-state index contributed by atoms with van der Waals surface area (Å²) in [5, 5.41) is 4.36. The molecule has 0 unspecified atom stereocenters. The first-order valence-electron chi connectivity index (χ1n) is 6.45. The van der Waals surface area contributed by atoms with Crippen LogP contribution in [0.15, 0.2) is 18.2 Å². The molecule has 1 fully saturated rings. The first-order valence-corrected chi connectivity index (χ1v) is 6.45. The Balaban J connectivity index is 1.66. The molecule has 1 aromatic rings. The Morgan fingerprint density at radius 2 is 1.81 bits per heavy atom. The van der Waals surface area contributed by atoms with E-state index in [1.165, 1.54) is 6.07 Å². The Kier molecular flexibility index (Phi) is 3.11. The van der Waals surface area contributed by atoms with E-state index in [9.17, 15) is 18.0 Å². The predicted octanol–water partition coefficient (Wildman–Crippen LogP) is 2.67. The second kappa shape index (κ2) is 4.71. The summed E-state index contributed by atoms with van der Waals surface area (Å²) in [5.74, 6) is 0.997. The minimum atomic E-state index is -4.43. The van der Waals surface area contributed by atoms with Gasteiger partial charge in [0.1, 0.15) is 18.8 Å². The molecule has 0 saturated heterocycles. The summed E-state index contributed by atoms with van der Waals surface area (Å²) in [4.78, 5) is 11.7. The number of carbonyl (C=O) groups is 1. The lowest BCUT2D eigenvalue weighted by atomic mass is 10.2. The number of rotatable bonds is 2. The molecule has 0 aromatic heterocycles. The summed E-state index contributed by atoms with van der Waals surface area (Å²) in [5.41, 5.74) is -1.74. The maximum Gasteiger partial charge on any atom is 0.411 e. The maximum atomic E-state index is 12.7. The van der Waals surface area contributed by atoms with Crippen molar-refractivity contribution in [2.45, 2.75) is 24.6 Å². The Morgan fingerprint density at radius 3 is 2.43 bits per heavy atom. The summed E-state index contributed by atoms with van der Waals surface area (Å²) in [7, 11) is 0. The number of hydrogen-bond donors (Lipinski definition) is 2. The van der Waals surface area contributed by atoms with Gasteiger partial charge in [0.05, 0.1) is 0 Å². The molecular formula is C13H13F3N2O3. The Labute approximate surface area is 118 Å². The molecule has 0 radical (unpaired) electrons. The molecular weight excluding hydrogens is 289 g/mol. The SMILES string of the molecule is O=C(Nc1ccc2c(c1)OCCO2)NC1(C(F)(F)F)CC1. The molecule has 0 bridgehead atoms. The average Bonchev–Trinajstić information content (AvgIpc) is 3.19. The molecule has 0 spiro atoms. The van der Waals surface area contributed by atoms with Crippen LogP contribution < -0.4 is 20.1 Å². The van der Waals surface area contributed by atoms with Crippen LogP contribution in [0.2, 0.25) is 0 Å². The van der Waals surface area contributed by atoms with E-state index in [4.69, 9.17) is 9.47 Å². The van der Waals surface area contributed by atoms with Gasteiger partial charge in [0.25, 0.3) is 0 Å². The molecule has 2 aliphatic rings. The fourth-order valence-corrected chi connectivity index (χ4v) is 2.11. The van der Waals surface area contributed by atoms with Gasteiger partial charge in [-0.3, -0.25) is 0 Å². The highest BCUT2D eigenvalue weighted by Crippen LogP contribution is 2.48. The predicted molar refractivity (Wildman–Crippen MR) is 67.6 cm³/mol. The Hall–Kier alpha value is -2.12. The number of alkyl halides is 3. The number of fused-ring (bicyclic) bond motifs is 1. The molecule has 1 aliphatic carbocycles. The molecule has 21 heavy (non-hydrogen) atoms. The number of urea groups is 1. The number of benzene rings is 1. The second-order valence-corrected chi connectivity index (χ2v) is 5.02. The largest absolute Gasteiger partial charge is 0.486 e. The van der Waals surface area contributed by atoms with Crippen LogP contribution in [0.25, 0.3) is 0 Å². The molecule has 3 rings (SSSR count). The van der Waals surface area contributed by atoms with Crippen LogP contribution in [-0.2, 0) is 0 Å².